The second kappa shape index (κ2) is 6.12. The van der Waals surface area contributed by atoms with Gasteiger partial charge in [-0.3, -0.25) is 0 Å². The second-order valence-corrected chi connectivity index (χ2v) is 5.74. The minimum Gasteiger partial charge on any atom is -0.327 e. The molecule has 0 bridgehead atoms. The molecule has 0 saturated carbocycles. The summed E-state index contributed by atoms with van der Waals surface area (Å²) in [6.07, 6.45) is 3.82. The van der Waals surface area contributed by atoms with E-state index in [4.69, 9.17) is 16.4 Å². The maximum atomic E-state index is 6.05. The Morgan fingerprint density at radius 2 is 1.71 bits per heavy atom. The van der Waals surface area contributed by atoms with Crippen molar-refractivity contribution in [1.82, 2.24) is 0 Å². The zero-order chi connectivity index (χ0) is 11.2. The minimum absolute atomic E-state index is 0.0376. The van der Waals surface area contributed by atoms with Gasteiger partial charge in [0.1, 0.15) is 0 Å². The molecule has 0 aromatic rings. The maximum absolute atomic E-state index is 6.05. The number of ether oxygens (including phenoxy) is 1. The van der Waals surface area contributed by atoms with E-state index in [1.54, 1.807) is 7.11 Å². The lowest BCUT2D eigenvalue weighted by Crippen LogP contribution is -2.68. The van der Waals surface area contributed by atoms with Crippen LogP contribution in [0.4, 0.5) is 0 Å². The number of hydrogen-bond acceptors (Lipinski definition) is 3. The Labute approximate surface area is 97.2 Å². The summed E-state index contributed by atoms with van der Waals surface area (Å²) in [5.41, 5.74) is -0.432. The van der Waals surface area contributed by atoms with E-state index < -0.39 is 26.7 Å². The summed E-state index contributed by atoms with van der Waals surface area (Å²) in [7, 11) is 1.69. The lowest BCUT2D eigenvalue weighted by Gasteiger charge is -2.40. The van der Waals surface area contributed by atoms with Crippen LogP contribution in [0, 0.1) is 0 Å². The van der Waals surface area contributed by atoms with Crippen molar-refractivity contribution in [2.75, 3.05) is 7.11 Å². The predicted octanol–water partition coefficient (Wildman–Crippen LogP) is 1.81. The summed E-state index contributed by atoms with van der Waals surface area (Å²) in [6.45, 7) is 4.23. The Hall–Kier alpha value is 0.440. The number of hydrogen-bond donors (Lipinski definition) is 2. The van der Waals surface area contributed by atoms with Crippen LogP contribution in [-0.4, -0.2) is 20.3 Å². The van der Waals surface area contributed by atoms with Gasteiger partial charge in [0.15, 0.2) is 21.0 Å². The fraction of sp³-hybridized carbons (Fsp3) is 0.889. The summed E-state index contributed by atoms with van der Waals surface area (Å²) in [5, 5.41) is 0. The van der Waals surface area contributed by atoms with Crippen LogP contribution >= 0.6 is 21.0 Å². The SMILES string of the molecule is C=I[N+](N)(N)C(CCC)(CCC)OC. The summed E-state index contributed by atoms with van der Waals surface area (Å²) in [4.78, 5) is 0. The zero-order valence-corrected chi connectivity index (χ0v) is 11.6. The van der Waals surface area contributed by atoms with Crippen molar-refractivity contribution in [3.05, 3.63) is 0 Å². The molecule has 4 nitrogen and oxygen atoms in total. The van der Waals surface area contributed by atoms with Crippen LogP contribution in [-0.2, 0) is 4.74 Å². The van der Waals surface area contributed by atoms with Gasteiger partial charge in [-0.1, -0.05) is 13.8 Å². The van der Waals surface area contributed by atoms with Gasteiger partial charge in [-0.2, -0.15) is 11.7 Å². The summed E-state index contributed by atoms with van der Waals surface area (Å²) < 4.78 is 9.43. The number of rotatable bonds is 7. The molecule has 0 spiro atoms. The number of nitrogens with two attached hydrogens (primary N) is 2. The first-order valence-corrected chi connectivity index (χ1v) is 7.40. The molecule has 0 aliphatic heterocycles. The van der Waals surface area contributed by atoms with Gasteiger partial charge in [-0.15, -0.1) is 2.91 Å². The van der Waals surface area contributed by atoms with Crippen LogP contribution in [0.25, 0.3) is 0 Å². The lowest BCUT2D eigenvalue weighted by atomic mass is 10.0. The summed E-state index contributed by atoms with van der Waals surface area (Å²) in [5.74, 6) is 12.1. The molecule has 0 atom stereocenters. The molecule has 14 heavy (non-hydrogen) atoms. The van der Waals surface area contributed by atoms with Crippen molar-refractivity contribution < 1.29 is 7.65 Å². The average molecular weight is 316 g/mol. The largest absolute Gasteiger partial charge is 0.327 e. The van der Waals surface area contributed by atoms with Crippen LogP contribution in [0.3, 0.4) is 0 Å². The van der Waals surface area contributed by atoms with Crippen molar-refractivity contribution >= 4 is 25.5 Å². The van der Waals surface area contributed by atoms with Crippen LogP contribution in [0.15, 0.2) is 0 Å². The van der Waals surface area contributed by atoms with Gasteiger partial charge in [0, 0.05) is 20.0 Å². The first-order chi connectivity index (χ1) is 6.49. The number of halogens is 1. The van der Waals surface area contributed by atoms with Crippen LogP contribution in [0.5, 0.6) is 0 Å². The highest BCUT2D eigenvalue weighted by Gasteiger charge is 2.46. The first-order valence-electron chi connectivity index (χ1n) is 4.91. The third-order valence-corrected chi connectivity index (χ3v) is 4.49. The van der Waals surface area contributed by atoms with Crippen molar-refractivity contribution in [3.63, 3.8) is 0 Å². The Bertz CT molecular complexity index is 179. The highest BCUT2D eigenvalue weighted by Crippen LogP contribution is 2.34. The first kappa shape index (κ1) is 14.4. The molecule has 86 valence electrons. The molecule has 5 heteroatoms. The lowest BCUT2D eigenvalue weighted by molar-refractivity contribution is -0.870. The van der Waals surface area contributed by atoms with E-state index in [1.165, 1.54) is 0 Å². The van der Waals surface area contributed by atoms with Crippen molar-refractivity contribution in [2.24, 2.45) is 11.7 Å². The quantitative estimate of drug-likeness (QED) is 0.248. The van der Waals surface area contributed by atoms with Gasteiger partial charge in [0.25, 0.3) is 0 Å². The average Bonchev–Trinajstić information content (AvgIpc) is 2.17. The normalized spacial score (nSPS) is 13.2. The summed E-state index contributed by atoms with van der Waals surface area (Å²) >= 11 is -0.542. The van der Waals surface area contributed by atoms with Crippen LogP contribution in [0.2, 0.25) is 0 Å². The Balaban J connectivity index is 4.90. The second-order valence-electron chi connectivity index (χ2n) is 3.46. The highest BCUT2D eigenvalue weighted by atomic mass is 127. The monoisotopic (exact) mass is 316 g/mol. The van der Waals surface area contributed by atoms with Gasteiger partial charge in [0.05, 0.1) is 0 Å². The molecule has 0 amide bonds. The van der Waals surface area contributed by atoms with Gasteiger partial charge in [-0.25, -0.2) is 0 Å². The molecule has 0 radical (unpaired) electrons. The van der Waals surface area contributed by atoms with Gasteiger partial charge in [0.2, 0.25) is 5.72 Å². The molecule has 4 N–H and O–H groups in total. The predicted molar refractivity (Wildman–Crippen MR) is 69.3 cm³/mol. The van der Waals surface area contributed by atoms with E-state index in [0.717, 1.165) is 25.7 Å². The van der Waals surface area contributed by atoms with Crippen molar-refractivity contribution in [3.8, 4) is 0 Å². The standard InChI is InChI=1S/C9H23IN3O/c1-5-7-9(14-4,8-6-2)13(11,12)10-3/h3,5-8,11-12H2,1-2,4H3/q+1. The third kappa shape index (κ3) is 2.96. The molecule has 0 aliphatic carbocycles. The Kier molecular flexibility index (Phi) is 6.31. The van der Waals surface area contributed by atoms with Gasteiger partial charge >= 0.3 is 0 Å². The molecular formula is C9H23IN3O+. The van der Waals surface area contributed by atoms with Gasteiger partial charge < -0.3 is 4.74 Å². The van der Waals surface area contributed by atoms with E-state index >= 15 is 0 Å². The molecule has 0 aliphatic rings. The zero-order valence-electron chi connectivity index (χ0n) is 9.42. The highest BCUT2D eigenvalue weighted by molar-refractivity contribution is 14.1. The fourth-order valence-electron chi connectivity index (χ4n) is 1.70. The Morgan fingerprint density at radius 3 is 1.93 bits per heavy atom. The minimum atomic E-state index is -0.542. The molecule has 0 fully saturated rings. The molecule has 0 heterocycles. The smallest absolute Gasteiger partial charge is 0.244 e. The number of nitrogens with zero attached hydrogens (tertiary/aromatic N) is 1. The van der Waals surface area contributed by atoms with E-state index in [1.807, 2.05) is 0 Å². The van der Waals surface area contributed by atoms with E-state index in [0.29, 0.717) is 0 Å². The molecule has 0 rings (SSSR count). The number of methoxy groups -OCH3 is 1. The molecule has 0 aromatic heterocycles. The van der Waals surface area contributed by atoms with Gasteiger partial charge in [-0.05, 0) is 17.4 Å². The summed E-state index contributed by atoms with van der Waals surface area (Å²) in [6, 6.07) is 0. The van der Waals surface area contributed by atoms with Crippen LogP contribution < -0.4 is 11.7 Å². The van der Waals surface area contributed by atoms with Crippen molar-refractivity contribution in [1.29, 1.82) is 0 Å². The van der Waals surface area contributed by atoms with E-state index in [2.05, 4.69) is 18.4 Å². The molecule has 0 unspecified atom stereocenters. The van der Waals surface area contributed by atoms with E-state index in [-0.39, 0.29) is 2.91 Å². The molecular weight excluding hydrogens is 293 g/mol. The molecule has 0 saturated heterocycles. The van der Waals surface area contributed by atoms with Crippen LogP contribution in [0.1, 0.15) is 39.5 Å². The maximum Gasteiger partial charge on any atom is 0.244 e. The fourth-order valence-corrected chi connectivity index (χ4v) is 3.00. The van der Waals surface area contributed by atoms with E-state index in [9.17, 15) is 0 Å². The third-order valence-electron chi connectivity index (χ3n) is 2.48. The topological polar surface area (TPSA) is 61.3 Å². The number of quaternary nitrogens is 1. The van der Waals surface area contributed by atoms with Crippen molar-refractivity contribution in [2.45, 2.75) is 45.3 Å². The molecule has 0 aromatic carbocycles. The Morgan fingerprint density at radius 1 is 1.29 bits per heavy atom.